The zero-order chi connectivity index (χ0) is 12.1. The van der Waals surface area contributed by atoms with Crippen LogP contribution in [0.5, 0.6) is 0 Å². The summed E-state index contributed by atoms with van der Waals surface area (Å²) < 4.78 is 17.1. The quantitative estimate of drug-likeness (QED) is 0.771. The van der Waals surface area contributed by atoms with E-state index in [0.717, 1.165) is 11.1 Å². The van der Waals surface area contributed by atoms with Crippen molar-refractivity contribution < 1.29 is 8.89 Å². The summed E-state index contributed by atoms with van der Waals surface area (Å²) in [6, 6.07) is 19.7. The second kappa shape index (κ2) is 5.55. The first-order chi connectivity index (χ1) is 8.33. The molecule has 0 atom stereocenters. The molecular formula is C14H14O2Si. The molecule has 0 unspecified atom stereocenters. The van der Waals surface area contributed by atoms with Crippen molar-refractivity contribution in [3.05, 3.63) is 71.8 Å². The zero-order valence-corrected chi connectivity index (χ0v) is 10.7. The Kier molecular flexibility index (Phi) is 3.83. The molecule has 2 aromatic carbocycles. The van der Waals surface area contributed by atoms with Gasteiger partial charge in [-0.05, 0) is 11.1 Å². The molecule has 0 bridgehead atoms. The van der Waals surface area contributed by atoms with Crippen molar-refractivity contribution in [2.24, 2.45) is 0 Å². The molecule has 2 rings (SSSR count). The van der Waals surface area contributed by atoms with Crippen LogP contribution in [0.3, 0.4) is 0 Å². The Balaban J connectivity index is 2.43. The maximum absolute atomic E-state index is 12.1. The van der Waals surface area contributed by atoms with Crippen LogP contribution in [0.2, 0.25) is 0 Å². The normalized spacial score (nSPS) is 10.2. The summed E-state index contributed by atoms with van der Waals surface area (Å²) in [4.78, 5) is 0. The smallest absolute Gasteiger partial charge is 0.515 e. The van der Waals surface area contributed by atoms with Crippen LogP contribution < -0.4 is 0 Å². The maximum atomic E-state index is 12.1. The fourth-order valence-electron chi connectivity index (χ4n) is 1.87. The molecule has 0 fully saturated rings. The van der Waals surface area contributed by atoms with E-state index in [9.17, 15) is 4.46 Å². The lowest BCUT2D eigenvalue weighted by Crippen LogP contribution is -2.18. The minimum Gasteiger partial charge on any atom is -0.526 e. The van der Waals surface area contributed by atoms with Gasteiger partial charge >= 0.3 is 8.93 Å². The van der Waals surface area contributed by atoms with E-state index in [2.05, 4.69) is 0 Å². The minimum atomic E-state index is -2.12. The first-order valence-corrected chi connectivity index (χ1v) is 6.90. The average molecular weight is 242 g/mol. The van der Waals surface area contributed by atoms with Gasteiger partial charge in [0, 0.05) is 0 Å². The Hall–Kier alpha value is -1.74. The topological polar surface area (TPSA) is 26.3 Å². The van der Waals surface area contributed by atoms with E-state index in [1.165, 1.54) is 7.11 Å². The van der Waals surface area contributed by atoms with E-state index in [1.54, 1.807) is 0 Å². The van der Waals surface area contributed by atoms with Gasteiger partial charge in [-0.25, -0.2) is 0 Å². The van der Waals surface area contributed by atoms with Gasteiger partial charge in [0.2, 0.25) is 0 Å². The van der Waals surface area contributed by atoms with E-state index < -0.39 is 8.93 Å². The minimum absolute atomic E-state index is 0.160. The van der Waals surface area contributed by atoms with Gasteiger partial charge in [-0.2, -0.15) is 0 Å². The van der Waals surface area contributed by atoms with Gasteiger partial charge < -0.3 is 8.89 Å². The van der Waals surface area contributed by atoms with Crippen molar-refractivity contribution in [2.45, 2.75) is 5.54 Å². The standard InChI is InChI=1S/C14H14O2Si/c1-16-17(15)14(12-8-4-2-5-9-12)13-10-6-3-7-11-13/h2-11,14H,1H3. The lowest BCUT2D eigenvalue weighted by atomic mass is 10.0. The number of hydrogen-bond acceptors (Lipinski definition) is 2. The highest BCUT2D eigenvalue weighted by atomic mass is 28.3. The SMILES string of the molecule is CO[Si](=O)C(c1ccccc1)c1ccccc1. The Labute approximate surface area is 103 Å². The van der Waals surface area contributed by atoms with Crippen molar-refractivity contribution in [1.82, 2.24) is 0 Å². The van der Waals surface area contributed by atoms with Gasteiger partial charge in [0.05, 0.1) is 12.7 Å². The molecule has 0 N–H and O–H groups in total. The lowest BCUT2D eigenvalue weighted by molar-refractivity contribution is 0.357. The molecule has 17 heavy (non-hydrogen) atoms. The van der Waals surface area contributed by atoms with Crippen molar-refractivity contribution in [2.75, 3.05) is 7.11 Å². The molecule has 2 aromatic rings. The molecule has 2 nitrogen and oxygen atoms in total. The van der Waals surface area contributed by atoms with Gasteiger partial charge in [-0.3, -0.25) is 0 Å². The predicted molar refractivity (Wildman–Crippen MR) is 68.2 cm³/mol. The van der Waals surface area contributed by atoms with Crippen LogP contribution in [0.15, 0.2) is 60.7 Å². The Morgan fingerprint density at radius 2 is 1.29 bits per heavy atom. The summed E-state index contributed by atoms with van der Waals surface area (Å²) in [6.45, 7) is 0. The summed E-state index contributed by atoms with van der Waals surface area (Å²) in [7, 11) is -0.622. The van der Waals surface area contributed by atoms with Crippen LogP contribution in [-0.2, 0) is 8.89 Å². The molecule has 0 aliphatic heterocycles. The summed E-state index contributed by atoms with van der Waals surface area (Å²) >= 11 is 0. The fourth-order valence-corrected chi connectivity index (χ4v) is 3.04. The van der Waals surface area contributed by atoms with Crippen molar-refractivity contribution in [3.8, 4) is 0 Å². The number of hydrogen-bond donors (Lipinski definition) is 0. The molecule has 0 heterocycles. The third kappa shape index (κ3) is 2.68. The Bertz CT molecular complexity index is 443. The molecule has 0 spiro atoms. The largest absolute Gasteiger partial charge is 0.526 e. The third-order valence-corrected chi connectivity index (χ3v) is 4.24. The van der Waals surface area contributed by atoms with E-state index >= 15 is 0 Å². The number of benzene rings is 2. The van der Waals surface area contributed by atoms with Crippen molar-refractivity contribution in [3.63, 3.8) is 0 Å². The highest BCUT2D eigenvalue weighted by Gasteiger charge is 2.26. The molecule has 86 valence electrons. The monoisotopic (exact) mass is 242 g/mol. The molecule has 0 amide bonds. The van der Waals surface area contributed by atoms with E-state index in [1.807, 2.05) is 60.7 Å². The van der Waals surface area contributed by atoms with Crippen LogP contribution in [0.25, 0.3) is 0 Å². The fraction of sp³-hybridized carbons (Fsp3) is 0.143. The van der Waals surface area contributed by atoms with Crippen LogP contribution in [-0.4, -0.2) is 16.0 Å². The van der Waals surface area contributed by atoms with E-state index in [0.29, 0.717) is 0 Å². The summed E-state index contributed by atoms with van der Waals surface area (Å²) in [6.07, 6.45) is 0. The van der Waals surface area contributed by atoms with E-state index in [4.69, 9.17) is 4.43 Å². The first kappa shape index (κ1) is 11.7. The van der Waals surface area contributed by atoms with Crippen LogP contribution >= 0.6 is 0 Å². The molecule has 0 aliphatic rings. The predicted octanol–water partition coefficient (Wildman–Crippen LogP) is 2.92. The van der Waals surface area contributed by atoms with E-state index in [-0.39, 0.29) is 5.54 Å². The lowest BCUT2D eigenvalue weighted by Gasteiger charge is -2.14. The van der Waals surface area contributed by atoms with Gasteiger partial charge in [0.15, 0.2) is 0 Å². The first-order valence-electron chi connectivity index (χ1n) is 5.50. The van der Waals surface area contributed by atoms with Crippen LogP contribution in [0, 0.1) is 0 Å². The highest BCUT2D eigenvalue weighted by molar-refractivity contribution is 6.38. The Morgan fingerprint density at radius 3 is 1.65 bits per heavy atom. The summed E-state index contributed by atoms with van der Waals surface area (Å²) in [5, 5.41) is 0. The van der Waals surface area contributed by atoms with Gasteiger partial charge in [-0.1, -0.05) is 60.7 Å². The molecule has 0 aliphatic carbocycles. The van der Waals surface area contributed by atoms with Gasteiger partial charge in [0.25, 0.3) is 0 Å². The summed E-state index contributed by atoms with van der Waals surface area (Å²) in [5.41, 5.74) is 1.90. The molecule has 0 saturated carbocycles. The van der Waals surface area contributed by atoms with Crippen molar-refractivity contribution in [1.29, 1.82) is 0 Å². The molecule has 0 aromatic heterocycles. The molecule has 3 heteroatoms. The second-order valence-corrected chi connectivity index (χ2v) is 5.40. The van der Waals surface area contributed by atoms with Crippen molar-refractivity contribution >= 4 is 8.93 Å². The maximum Gasteiger partial charge on any atom is 0.515 e. The highest BCUT2D eigenvalue weighted by Crippen LogP contribution is 2.24. The zero-order valence-electron chi connectivity index (χ0n) is 9.67. The second-order valence-electron chi connectivity index (χ2n) is 3.78. The van der Waals surface area contributed by atoms with Gasteiger partial charge in [0.1, 0.15) is 0 Å². The van der Waals surface area contributed by atoms with Crippen LogP contribution in [0.1, 0.15) is 16.7 Å². The Morgan fingerprint density at radius 1 is 0.882 bits per heavy atom. The third-order valence-electron chi connectivity index (χ3n) is 2.70. The molecule has 0 radical (unpaired) electrons. The summed E-state index contributed by atoms with van der Waals surface area (Å²) in [5.74, 6) is 0. The van der Waals surface area contributed by atoms with Gasteiger partial charge in [-0.15, -0.1) is 0 Å². The average Bonchev–Trinajstić information content (AvgIpc) is 2.41. The molecule has 0 saturated heterocycles. The molecular weight excluding hydrogens is 228 g/mol. The number of rotatable bonds is 4. The van der Waals surface area contributed by atoms with Crippen LogP contribution in [0.4, 0.5) is 0 Å².